The van der Waals surface area contributed by atoms with Gasteiger partial charge in [0.2, 0.25) is 0 Å². The summed E-state index contributed by atoms with van der Waals surface area (Å²) in [4.78, 5) is 16.6. The Morgan fingerprint density at radius 2 is 2.16 bits per heavy atom. The highest BCUT2D eigenvalue weighted by Crippen LogP contribution is 2.36. The van der Waals surface area contributed by atoms with E-state index in [4.69, 9.17) is 5.11 Å². The molecule has 2 aromatic heterocycles. The molecular formula is C15H11NO2S. The molecule has 0 spiro atoms. The van der Waals surface area contributed by atoms with E-state index in [9.17, 15) is 4.79 Å². The molecule has 0 amide bonds. The summed E-state index contributed by atoms with van der Waals surface area (Å²) in [6.45, 7) is 1.94. The summed E-state index contributed by atoms with van der Waals surface area (Å²) < 4.78 is 0. The van der Waals surface area contributed by atoms with Crippen LogP contribution in [-0.4, -0.2) is 16.1 Å². The van der Waals surface area contributed by atoms with Crippen LogP contribution >= 0.6 is 11.3 Å². The van der Waals surface area contributed by atoms with E-state index in [1.54, 1.807) is 12.3 Å². The van der Waals surface area contributed by atoms with E-state index < -0.39 is 5.97 Å². The molecule has 0 saturated carbocycles. The number of thiophene rings is 1. The molecule has 19 heavy (non-hydrogen) atoms. The molecule has 0 bridgehead atoms. The molecule has 94 valence electrons. The van der Waals surface area contributed by atoms with E-state index in [0.717, 1.165) is 26.8 Å². The first-order chi connectivity index (χ1) is 9.16. The molecule has 3 aromatic rings. The molecule has 3 nitrogen and oxygen atoms in total. The normalized spacial score (nSPS) is 10.8. The zero-order valence-electron chi connectivity index (χ0n) is 10.3. The second-order valence-electron chi connectivity index (χ2n) is 4.33. The predicted octanol–water partition coefficient (Wildman–Crippen LogP) is 3.97. The van der Waals surface area contributed by atoms with Gasteiger partial charge < -0.3 is 5.11 Å². The summed E-state index contributed by atoms with van der Waals surface area (Å²) in [7, 11) is 0. The molecule has 0 aliphatic carbocycles. The highest BCUT2D eigenvalue weighted by atomic mass is 32.1. The molecule has 0 fully saturated rings. The van der Waals surface area contributed by atoms with Gasteiger partial charge in [0.05, 0.1) is 0 Å². The maximum Gasteiger partial charge on any atom is 0.345 e. The Kier molecular flexibility index (Phi) is 2.80. The van der Waals surface area contributed by atoms with Crippen LogP contribution in [0, 0.1) is 6.92 Å². The van der Waals surface area contributed by atoms with E-state index in [0.29, 0.717) is 4.88 Å². The minimum atomic E-state index is -0.874. The minimum Gasteiger partial charge on any atom is -0.477 e. The van der Waals surface area contributed by atoms with Crippen molar-refractivity contribution in [3.63, 3.8) is 0 Å². The number of aromatic nitrogens is 1. The summed E-state index contributed by atoms with van der Waals surface area (Å²) >= 11 is 1.32. The molecule has 0 radical (unpaired) electrons. The third kappa shape index (κ3) is 2.00. The second-order valence-corrected chi connectivity index (χ2v) is 5.38. The molecule has 0 saturated heterocycles. The van der Waals surface area contributed by atoms with Gasteiger partial charge >= 0.3 is 5.97 Å². The van der Waals surface area contributed by atoms with Gasteiger partial charge in [0.15, 0.2) is 0 Å². The van der Waals surface area contributed by atoms with Crippen molar-refractivity contribution in [3.8, 4) is 10.4 Å². The Balaban J connectivity index is 2.27. The average Bonchev–Trinajstić information content (AvgIpc) is 2.80. The predicted molar refractivity (Wildman–Crippen MR) is 76.8 cm³/mol. The van der Waals surface area contributed by atoms with Crippen LogP contribution in [0.1, 0.15) is 15.2 Å². The summed E-state index contributed by atoms with van der Waals surface area (Å²) in [5.74, 6) is -0.874. The van der Waals surface area contributed by atoms with Crippen molar-refractivity contribution in [1.29, 1.82) is 0 Å². The fourth-order valence-electron chi connectivity index (χ4n) is 2.18. The zero-order chi connectivity index (χ0) is 13.4. The van der Waals surface area contributed by atoms with E-state index in [-0.39, 0.29) is 0 Å². The van der Waals surface area contributed by atoms with E-state index >= 15 is 0 Å². The van der Waals surface area contributed by atoms with Gasteiger partial charge in [-0.05, 0) is 35.6 Å². The maximum absolute atomic E-state index is 11.1. The van der Waals surface area contributed by atoms with Gasteiger partial charge in [0.1, 0.15) is 4.88 Å². The number of carbonyl (C=O) groups is 1. The Bertz CT molecular complexity index is 771. The summed E-state index contributed by atoms with van der Waals surface area (Å²) in [6, 6.07) is 9.69. The molecule has 0 aliphatic rings. The van der Waals surface area contributed by atoms with Crippen molar-refractivity contribution in [2.45, 2.75) is 6.92 Å². The first kappa shape index (κ1) is 11.9. The second kappa shape index (κ2) is 4.48. The third-order valence-corrected chi connectivity index (χ3v) is 4.31. The molecular weight excluding hydrogens is 258 g/mol. The molecule has 0 atom stereocenters. The summed E-state index contributed by atoms with van der Waals surface area (Å²) in [6.07, 6.45) is 3.58. The van der Waals surface area contributed by atoms with Gasteiger partial charge in [-0.3, -0.25) is 4.98 Å². The number of fused-ring (bicyclic) bond motifs is 1. The van der Waals surface area contributed by atoms with Gasteiger partial charge in [-0.25, -0.2) is 4.79 Å². The molecule has 0 unspecified atom stereocenters. The van der Waals surface area contributed by atoms with Gasteiger partial charge in [-0.15, -0.1) is 11.3 Å². The van der Waals surface area contributed by atoms with Crippen LogP contribution in [0.15, 0.2) is 42.7 Å². The first-order valence-electron chi connectivity index (χ1n) is 5.83. The lowest BCUT2D eigenvalue weighted by Crippen LogP contribution is -1.89. The lowest BCUT2D eigenvalue weighted by atomic mass is 10.0. The van der Waals surface area contributed by atoms with Gasteiger partial charge in [-0.1, -0.05) is 18.2 Å². The van der Waals surface area contributed by atoms with E-state index in [1.165, 1.54) is 11.3 Å². The Morgan fingerprint density at radius 1 is 1.32 bits per heavy atom. The summed E-state index contributed by atoms with van der Waals surface area (Å²) in [5, 5.41) is 11.2. The molecule has 3 rings (SSSR count). The third-order valence-electron chi connectivity index (χ3n) is 3.05. The van der Waals surface area contributed by atoms with Crippen molar-refractivity contribution in [1.82, 2.24) is 4.98 Å². The highest BCUT2D eigenvalue weighted by molar-refractivity contribution is 7.17. The van der Waals surface area contributed by atoms with Crippen LogP contribution in [0.25, 0.3) is 21.2 Å². The van der Waals surface area contributed by atoms with Crippen LogP contribution in [0.4, 0.5) is 0 Å². The number of rotatable bonds is 2. The number of benzene rings is 1. The van der Waals surface area contributed by atoms with Crippen LogP contribution in [-0.2, 0) is 0 Å². The number of aryl methyl sites for hydroxylation is 1. The van der Waals surface area contributed by atoms with Gasteiger partial charge in [0, 0.05) is 22.7 Å². The number of aromatic carboxylic acids is 1. The quantitative estimate of drug-likeness (QED) is 0.765. The number of pyridine rings is 1. The van der Waals surface area contributed by atoms with Crippen molar-refractivity contribution in [3.05, 3.63) is 53.2 Å². The van der Waals surface area contributed by atoms with Crippen LogP contribution < -0.4 is 0 Å². The topological polar surface area (TPSA) is 50.2 Å². The molecule has 1 N–H and O–H groups in total. The standard InChI is InChI=1S/C15H11NO2S/c1-9-7-13(15(17)18)19-14(9)12-4-2-3-10-8-16-6-5-11(10)12/h2-8H,1H3,(H,17,18). The van der Waals surface area contributed by atoms with E-state index in [2.05, 4.69) is 4.98 Å². The van der Waals surface area contributed by atoms with Crippen molar-refractivity contribution in [2.24, 2.45) is 0 Å². The number of hydrogen-bond acceptors (Lipinski definition) is 3. The Labute approximate surface area is 114 Å². The highest BCUT2D eigenvalue weighted by Gasteiger charge is 2.14. The minimum absolute atomic E-state index is 0.374. The fourth-order valence-corrected chi connectivity index (χ4v) is 3.23. The first-order valence-corrected chi connectivity index (χ1v) is 6.65. The fraction of sp³-hybridized carbons (Fsp3) is 0.0667. The molecule has 0 aliphatic heterocycles. The number of carboxylic acids is 1. The number of hydrogen-bond donors (Lipinski definition) is 1. The van der Waals surface area contributed by atoms with Crippen molar-refractivity contribution < 1.29 is 9.90 Å². The summed E-state index contributed by atoms with van der Waals surface area (Å²) in [5.41, 5.74) is 2.06. The van der Waals surface area contributed by atoms with Gasteiger partial charge in [0.25, 0.3) is 0 Å². The Morgan fingerprint density at radius 3 is 2.89 bits per heavy atom. The van der Waals surface area contributed by atoms with Crippen molar-refractivity contribution >= 4 is 28.1 Å². The maximum atomic E-state index is 11.1. The average molecular weight is 269 g/mol. The molecule has 4 heteroatoms. The molecule has 2 heterocycles. The van der Waals surface area contributed by atoms with Crippen LogP contribution in [0.2, 0.25) is 0 Å². The Hall–Kier alpha value is -2.20. The number of carboxylic acid groups (broad SMARTS) is 1. The smallest absolute Gasteiger partial charge is 0.345 e. The zero-order valence-corrected chi connectivity index (χ0v) is 11.1. The largest absolute Gasteiger partial charge is 0.477 e. The van der Waals surface area contributed by atoms with E-state index in [1.807, 2.05) is 37.4 Å². The molecule has 1 aromatic carbocycles. The monoisotopic (exact) mass is 269 g/mol. The van der Waals surface area contributed by atoms with Crippen LogP contribution in [0.3, 0.4) is 0 Å². The lowest BCUT2D eigenvalue weighted by Gasteiger charge is -2.05. The van der Waals surface area contributed by atoms with Crippen LogP contribution in [0.5, 0.6) is 0 Å². The van der Waals surface area contributed by atoms with Gasteiger partial charge in [-0.2, -0.15) is 0 Å². The lowest BCUT2D eigenvalue weighted by molar-refractivity contribution is 0.0702. The SMILES string of the molecule is Cc1cc(C(=O)O)sc1-c1cccc2cnccc12. The number of nitrogens with zero attached hydrogens (tertiary/aromatic N) is 1. The van der Waals surface area contributed by atoms with Crippen molar-refractivity contribution in [2.75, 3.05) is 0 Å².